The third kappa shape index (κ3) is 5.26. The van der Waals surface area contributed by atoms with Gasteiger partial charge in [0, 0.05) is 28.1 Å². The number of likely N-dealkylation sites (tertiary alicyclic amines) is 1. The number of nitrogens with zero attached hydrogens (tertiary/aromatic N) is 1. The lowest BCUT2D eigenvalue weighted by atomic mass is 9.77. The molecule has 1 saturated heterocycles. The zero-order valence-corrected chi connectivity index (χ0v) is 26.2. The Bertz CT molecular complexity index is 1690. The number of carboxylic acid groups (broad SMARTS) is 1. The third-order valence-electron chi connectivity index (χ3n) is 9.62. The quantitative estimate of drug-likeness (QED) is 0.279. The number of halogens is 3. The second kappa shape index (κ2) is 12.0. The van der Waals surface area contributed by atoms with E-state index in [1.54, 1.807) is 35.2 Å². The Labute approximate surface area is 265 Å². The molecule has 7 nitrogen and oxygen atoms in total. The van der Waals surface area contributed by atoms with Gasteiger partial charge >= 0.3 is 5.97 Å². The van der Waals surface area contributed by atoms with Crippen LogP contribution in [0.2, 0.25) is 10.0 Å². The molecule has 2 aliphatic carbocycles. The molecule has 3 aliphatic rings. The molecule has 3 aromatic rings. The molecule has 232 valence electrons. The van der Waals surface area contributed by atoms with Gasteiger partial charge in [-0.3, -0.25) is 9.59 Å². The van der Waals surface area contributed by atoms with E-state index in [1.165, 1.54) is 12.1 Å². The van der Waals surface area contributed by atoms with Crippen LogP contribution in [0, 0.1) is 17.7 Å². The molecule has 1 heterocycles. The molecule has 11 heteroatoms. The molecule has 6 rings (SSSR count). The van der Waals surface area contributed by atoms with Crippen LogP contribution in [0.1, 0.15) is 55.2 Å². The number of carbonyl (C=O) groups excluding carboxylic acids is 1. The summed E-state index contributed by atoms with van der Waals surface area (Å²) in [6.45, 7) is 0.386. The van der Waals surface area contributed by atoms with Gasteiger partial charge in [0.25, 0.3) is 0 Å². The van der Waals surface area contributed by atoms with Crippen molar-refractivity contribution in [3.8, 4) is 5.75 Å². The standard InChI is InChI=1S/C33H32Cl2FNO6S/c34-28-2-1-3-29(35)26(28)19-43-24-11-14-27-22(18-24)8-15-30-33(27,44(41,42)25-12-9-23(36)10-13-25)16-17-37(30)31(38)20-4-6-21(7-5-20)32(39)40/h1-3,9-14,18,20-21,30H,4-8,15-17,19H2,(H,39,40)/t20?,21?,30-,33-/m1/s1. The number of hydrogen-bond donors (Lipinski definition) is 1. The predicted octanol–water partition coefficient (Wildman–Crippen LogP) is 6.82. The normalized spacial score (nSPS) is 24.8. The lowest BCUT2D eigenvalue weighted by molar-refractivity contribution is -0.146. The van der Waals surface area contributed by atoms with E-state index >= 15 is 0 Å². The molecule has 3 aromatic carbocycles. The minimum absolute atomic E-state index is 0.00158. The van der Waals surface area contributed by atoms with Crippen molar-refractivity contribution in [2.45, 2.75) is 67.2 Å². The average molecular weight is 661 g/mol. The molecule has 1 amide bonds. The van der Waals surface area contributed by atoms with E-state index in [4.69, 9.17) is 27.9 Å². The first-order valence-corrected chi connectivity index (χ1v) is 17.0. The van der Waals surface area contributed by atoms with Gasteiger partial charge in [0.1, 0.15) is 22.9 Å². The average Bonchev–Trinajstić information content (AvgIpc) is 3.42. The number of rotatable bonds is 7. The van der Waals surface area contributed by atoms with Gasteiger partial charge in [0.05, 0.1) is 16.9 Å². The van der Waals surface area contributed by atoms with Crippen molar-refractivity contribution in [2.24, 2.45) is 11.8 Å². The minimum Gasteiger partial charge on any atom is -0.489 e. The largest absolute Gasteiger partial charge is 0.489 e. The predicted molar refractivity (Wildman–Crippen MR) is 164 cm³/mol. The van der Waals surface area contributed by atoms with Gasteiger partial charge in [0.15, 0.2) is 9.84 Å². The zero-order chi connectivity index (χ0) is 31.2. The van der Waals surface area contributed by atoms with Crippen LogP contribution in [0.5, 0.6) is 5.75 Å². The third-order valence-corrected chi connectivity index (χ3v) is 12.9. The smallest absolute Gasteiger partial charge is 0.306 e. The summed E-state index contributed by atoms with van der Waals surface area (Å²) < 4.78 is 47.7. The highest BCUT2D eigenvalue weighted by molar-refractivity contribution is 7.92. The summed E-state index contributed by atoms with van der Waals surface area (Å²) in [6, 6.07) is 14.8. The van der Waals surface area contributed by atoms with Crippen molar-refractivity contribution in [2.75, 3.05) is 6.54 Å². The molecule has 0 radical (unpaired) electrons. The second-order valence-corrected chi connectivity index (χ2v) is 14.9. The van der Waals surface area contributed by atoms with Gasteiger partial charge in [-0.2, -0.15) is 0 Å². The molecule has 0 spiro atoms. The fraction of sp³-hybridized carbons (Fsp3) is 0.394. The van der Waals surface area contributed by atoms with E-state index in [0.717, 1.165) is 17.7 Å². The van der Waals surface area contributed by atoms with E-state index in [-0.39, 0.29) is 36.3 Å². The Balaban J connectivity index is 1.35. The van der Waals surface area contributed by atoms with Crippen LogP contribution in [0.15, 0.2) is 65.6 Å². The first-order chi connectivity index (χ1) is 21.0. The van der Waals surface area contributed by atoms with Crippen LogP contribution in [0.4, 0.5) is 4.39 Å². The van der Waals surface area contributed by atoms with Gasteiger partial charge in [-0.1, -0.05) is 35.3 Å². The monoisotopic (exact) mass is 659 g/mol. The number of aryl methyl sites for hydroxylation is 1. The second-order valence-electron chi connectivity index (χ2n) is 11.9. The van der Waals surface area contributed by atoms with Crippen LogP contribution in [0.25, 0.3) is 0 Å². The summed E-state index contributed by atoms with van der Waals surface area (Å²) >= 11 is 12.6. The van der Waals surface area contributed by atoms with Gasteiger partial charge < -0.3 is 14.7 Å². The molecule has 2 fully saturated rings. The Morgan fingerprint density at radius 3 is 2.27 bits per heavy atom. The van der Waals surface area contributed by atoms with Crippen LogP contribution >= 0.6 is 23.2 Å². The Morgan fingerprint density at radius 2 is 1.61 bits per heavy atom. The van der Waals surface area contributed by atoms with E-state index < -0.39 is 38.3 Å². The summed E-state index contributed by atoms with van der Waals surface area (Å²) in [5.41, 5.74) is 2.07. The number of fused-ring (bicyclic) bond motifs is 3. The molecule has 2 atom stereocenters. The van der Waals surface area contributed by atoms with Crippen LogP contribution in [0.3, 0.4) is 0 Å². The molecular weight excluding hydrogens is 628 g/mol. The maximum absolute atomic E-state index is 14.6. The highest BCUT2D eigenvalue weighted by Crippen LogP contribution is 2.53. The van der Waals surface area contributed by atoms with E-state index in [1.807, 2.05) is 6.07 Å². The van der Waals surface area contributed by atoms with Crippen LogP contribution in [-0.4, -0.2) is 42.9 Å². The van der Waals surface area contributed by atoms with Crippen molar-refractivity contribution in [1.82, 2.24) is 4.90 Å². The Morgan fingerprint density at radius 1 is 0.955 bits per heavy atom. The number of ether oxygens (including phenoxy) is 1. The molecule has 1 saturated carbocycles. The molecule has 1 aliphatic heterocycles. The van der Waals surface area contributed by atoms with Gasteiger partial charge in [0.2, 0.25) is 5.91 Å². The number of carboxylic acids is 1. The zero-order valence-electron chi connectivity index (χ0n) is 23.8. The molecular formula is C33H32Cl2FNO6S. The summed E-state index contributed by atoms with van der Waals surface area (Å²) in [6.07, 6.45) is 2.91. The molecule has 0 unspecified atom stereocenters. The summed E-state index contributed by atoms with van der Waals surface area (Å²) in [7, 11) is -4.10. The highest BCUT2D eigenvalue weighted by atomic mass is 35.5. The lowest BCUT2D eigenvalue weighted by Gasteiger charge is -2.43. The SMILES string of the molecule is O=C(O)C1CCC(C(=O)N2CC[C@@]3(S(=O)(=O)c4ccc(F)cc4)c4ccc(OCc5c(Cl)cccc5Cl)cc4CC[C@@H]23)CC1. The lowest BCUT2D eigenvalue weighted by Crippen LogP contribution is -2.53. The van der Waals surface area contributed by atoms with Crippen molar-refractivity contribution >= 4 is 44.9 Å². The summed E-state index contributed by atoms with van der Waals surface area (Å²) in [5, 5.41) is 10.4. The fourth-order valence-corrected chi connectivity index (χ4v) is 10.2. The fourth-order valence-electron chi connectivity index (χ4n) is 7.33. The van der Waals surface area contributed by atoms with Crippen molar-refractivity contribution in [3.05, 3.63) is 93.2 Å². The first-order valence-electron chi connectivity index (χ1n) is 14.8. The number of aliphatic carboxylic acids is 1. The van der Waals surface area contributed by atoms with Gasteiger partial charge in [-0.25, -0.2) is 12.8 Å². The van der Waals surface area contributed by atoms with E-state index in [2.05, 4.69) is 0 Å². The van der Waals surface area contributed by atoms with Crippen molar-refractivity contribution < 1.29 is 32.2 Å². The van der Waals surface area contributed by atoms with E-state index in [9.17, 15) is 27.5 Å². The topological polar surface area (TPSA) is 101 Å². The number of sulfone groups is 1. The first kappa shape index (κ1) is 30.9. The molecule has 0 aromatic heterocycles. The molecule has 44 heavy (non-hydrogen) atoms. The highest BCUT2D eigenvalue weighted by Gasteiger charge is 2.61. The number of hydrogen-bond acceptors (Lipinski definition) is 5. The number of benzene rings is 3. The van der Waals surface area contributed by atoms with Crippen molar-refractivity contribution in [3.63, 3.8) is 0 Å². The maximum atomic E-state index is 14.6. The minimum atomic E-state index is -4.10. The van der Waals surface area contributed by atoms with Gasteiger partial charge in [-0.15, -0.1) is 0 Å². The number of carbonyl (C=O) groups is 2. The van der Waals surface area contributed by atoms with E-state index in [0.29, 0.717) is 65.4 Å². The Kier molecular flexibility index (Phi) is 8.41. The van der Waals surface area contributed by atoms with Crippen LogP contribution in [-0.2, 0) is 37.2 Å². The Hall–Kier alpha value is -3.14. The van der Waals surface area contributed by atoms with Crippen LogP contribution < -0.4 is 4.74 Å². The molecule has 0 bridgehead atoms. The molecule has 1 N–H and O–H groups in total. The van der Waals surface area contributed by atoms with Crippen molar-refractivity contribution in [1.29, 1.82) is 0 Å². The maximum Gasteiger partial charge on any atom is 0.306 e. The van der Waals surface area contributed by atoms with Gasteiger partial charge in [-0.05, 0) is 105 Å². The summed E-state index contributed by atoms with van der Waals surface area (Å²) in [4.78, 5) is 27.1. The summed E-state index contributed by atoms with van der Waals surface area (Å²) in [5.74, 6) is -1.76. The number of amides is 1.